The number of furan rings is 1. The number of hydrogen-bond acceptors (Lipinski definition) is 6. The highest BCUT2D eigenvalue weighted by Gasteiger charge is 2.17. The van der Waals surface area contributed by atoms with Crippen LogP contribution in [-0.2, 0) is 16.0 Å². The van der Waals surface area contributed by atoms with Gasteiger partial charge in [-0.05, 0) is 55.3 Å². The molecule has 0 saturated heterocycles. The number of ether oxygens (including phenoxy) is 1. The molecule has 1 N–H and O–H groups in total. The Labute approximate surface area is 171 Å². The minimum Gasteiger partial charge on any atom is -0.465 e. The first-order valence-corrected chi connectivity index (χ1v) is 9.29. The highest BCUT2D eigenvalue weighted by molar-refractivity contribution is 5.98. The molecule has 0 bridgehead atoms. The van der Waals surface area contributed by atoms with Crippen molar-refractivity contribution in [1.29, 1.82) is 0 Å². The number of esters is 1. The average Bonchev–Trinajstić information content (AvgIpc) is 3.09. The van der Waals surface area contributed by atoms with Gasteiger partial charge < -0.3 is 18.9 Å². The van der Waals surface area contributed by atoms with Crippen molar-refractivity contribution in [3.8, 4) is 0 Å². The summed E-state index contributed by atoms with van der Waals surface area (Å²) in [6.45, 7) is 3.74. The van der Waals surface area contributed by atoms with Gasteiger partial charge in [0.1, 0.15) is 11.2 Å². The normalized spacial score (nSPS) is 11.0. The van der Waals surface area contributed by atoms with Gasteiger partial charge in [-0.25, -0.2) is 9.59 Å². The molecule has 0 aliphatic carbocycles. The molecule has 1 amide bonds. The molecule has 0 atom stereocenters. The maximum Gasteiger partial charge on any atom is 0.340 e. The number of rotatable bonds is 4. The van der Waals surface area contributed by atoms with Crippen LogP contribution in [0.1, 0.15) is 27.0 Å². The predicted octanol–water partition coefficient (Wildman–Crippen LogP) is 4.12. The zero-order valence-electron chi connectivity index (χ0n) is 16.7. The summed E-state index contributed by atoms with van der Waals surface area (Å²) >= 11 is 0. The van der Waals surface area contributed by atoms with Crippen LogP contribution in [0.25, 0.3) is 21.9 Å². The molecule has 0 aliphatic rings. The van der Waals surface area contributed by atoms with E-state index in [1.165, 1.54) is 7.11 Å². The zero-order valence-corrected chi connectivity index (χ0v) is 16.7. The van der Waals surface area contributed by atoms with Gasteiger partial charge in [-0.3, -0.25) is 4.79 Å². The van der Waals surface area contributed by atoms with Crippen LogP contribution < -0.4 is 10.9 Å². The van der Waals surface area contributed by atoms with Gasteiger partial charge in [-0.1, -0.05) is 0 Å². The van der Waals surface area contributed by atoms with Crippen molar-refractivity contribution in [1.82, 2.24) is 0 Å². The number of nitrogens with one attached hydrogen (secondary N) is 1. The summed E-state index contributed by atoms with van der Waals surface area (Å²) in [6.07, 6.45) is 1.52. The fourth-order valence-corrected chi connectivity index (χ4v) is 3.41. The van der Waals surface area contributed by atoms with Gasteiger partial charge in [0.05, 0.1) is 30.9 Å². The first-order chi connectivity index (χ1) is 14.4. The Balaban J connectivity index is 1.62. The van der Waals surface area contributed by atoms with Gasteiger partial charge in [0.2, 0.25) is 5.91 Å². The second-order valence-corrected chi connectivity index (χ2v) is 7.05. The maximum absolute atomic E-state index is 12.5. The monoisotopic (exact) mass is 405 g/mol. The van der Waals surface area contributed by atoms with E-state index in [0.717, 1.165) is 16.3 Å². The molecule has 152 valence electrons. The van der Waals surface area contributed by atoms with E-state index in [9.17, 15) is 14.4 Å². The van der Waals surface area contributed by atoms with Crippen LogP contribution in [0, 0.1) is 13.8 Å². The lowest BCUT2D eigenvalue weighted by atomic mass is 10.0. The van der Waals surface area contributed by atoms with Crippen molar-refractivity contribution in [3.05, 3.63) is 75.3 Å². The van der Waals surface area contributed by atoms with Crippen molar-refractivity contribution in [2.75, 3.05) is 12.4 Å². The molecule has 7 heteroatoms. The molecule has 4 rings (SSSR count). The Morgan fingerprint density at radius 2 is 1.77 bits per heavy atom. The summed E-state index contributed by atoms with van der Waals surface area (Å²) in [7, 11) is 1.30. The van der Waals surface area contributed by atoms with Crippen LogP contribution in [0.3, 0.4) is 0 Å². The molecule has 0 radical (unpaired) electrons. The molecule has 2 aromatic heterocycles. The molecule has 2 heterocycles. The highest BCUT2D eigenvalue weighted by atomic mass is 16.5. The number of carbonyl (C=O) groups excluding carboxylic acids is 2. The molecule has 0 fully saturated rings. The van der Waals surface area contributed by atoms with E-state index in [-0.39, 0.29) is 12.3 Å². The Kier molecular flexibility index (Phi) is 4.87. The van der Waals surface area contributed by atoms with Gasteiger partial charge in [-0.15, -0.1) is 0 Å². The van der Waals surface area contributed by atoms with E-state index < -0.39 is 11.6 Å². The van der Waals surface area contributed by atoms with E-state index in [1.54, 1.807) is 43.5 Å². The fraction of sp³-hybridized carbons (Fsp3) is 0.174. The number of methoxy groups -OCH3 is 1. The summed E-state index contributed by atoms with van der Waals surface area (Å²) in [4.78, 5) is 36.5. The Morgan fingerprint density at radius 3 is 2.47 bits per heavy atom. The Hall–Kier alpha value is -3.87. The smallest absolute Gasteiger partial charge is 0.340 e. The van der Waals surface area contributed by atoms with E-state index in [2.05, 4.69) is 10.1 Å². The third-order valence-electron chi connectivity index (χ3n) is 5.10. The average molecular weight is 405 g/mol. The molecule has 7 nitrogen and oxygen atoms in total. The third kappa shape index (κ3) is 3.45. The van der Waals surface area contributed by atoms with Crippen LogP contribution in [0.5, 0.6) is 0 Å². The Morgan fingerprint density at radius 1 is 1.03 bits per heavy atom. The molecule has 30 heavy (non-hydrogen) atoms. The SMILES string of the molecule is COC(=O)c1ccc(NC(=O)Cc2c(C)c3cc4c(C)coc4cc3oc2=O)cc1. The van der Waals surface area contributed by atoms with E-state index in [4.69, 9.17) is 8.83 Å². The van der Waals surface area contributed by atoms with E-state index in [0.29, 0.717) is 33.5 Å². The van der Waals surface area contributed by atoms with Crippen LogP contribution in [0.2, 0.25) is 0 Å². The topological polar surface area (TPSA) is 98.8 Å². The lowest BCUT2D eigenvalue weighted by Gasteiger charge is -2.09. The number of anilines is 1. The van der Waals surface area contributed by atoms with Crippen LogP contribution in [-0.4, -0.2) is 19.0 Å². The fourth-order valence-electron chi connectivity index (χ4n) is 3.41. The molecule has 0 aliphatic heterocycles. The standard InChI is InChI=1S/C23H19NO6/c1-12-11-29-19-10-20-17(8-16(12)19)13(2)18(23(27)30-20)9-21(25)24-15-6-4-14(5-7-15)22(26)28-3/h4-8,10-11H,9H2,1-3H3,(H,24,25). The molecule has 0 unspecified atom stereocenters. The van der Waals surface area contributed by atoms with Crippen molar-refractivity contribution in [2.45, 2.75) is 20.3 Å². The number of carbonyl (C=O) groups is 2. The van der Waals surface area contributed by atoms with E-state index in [1.807, 2.05) is 13.0 Å². The van der Waals surface area contributed by atoms with Gasteiger partial charge in [-0.2, -0.15) is 0 Å². The van der Waals surface area contributed by atoms with E-state index >= 15 is 0 Å². The number of benzene rings is 2. The predicted molar refractivity (Wildman–Crippen MR) is 112 cm³/mol. The quantitative estimate of drug-likeness (QED) is 0.405. The molecule has 0 saturated carbocycles. The summed E-state index contributed by atoms with van der Waals surface area (Å²) in [6, 6.07) is 9.90. The first-order valence-electron chi connectivity index (χ1n) is 9.29. The van der Waals surface area contributed by atoms with Crippen molar-refractivity contribution in [2.24, 2.45) is 0 Å². The minimum atomic E-state index is -0.557. The van der Waals surface area contributed by atoms with Gasteiger partial charge in [0, 0.05) is 22.5 Å². The number of aryl methyl sites for hydroxylation is 2. The van der Waals surface area contributed by atoms with Gasteiger partial charge >= 0.3 is 11.6 Å². The zero-order chi connectivity index (χ0) is 21.4. The largest absolute Gasteiger partial charge is 0.465 e. The molecule has 4 aromatic rings. The second-order valence-electron chi connectivity index (χ2n) is 7.05. The lowest BCUT2D eigenvalue weighted by molar-refractivity contribution is -0.115. The number of hydrogen-bond donors (Lipinski definition) is 1. The first kappa shape index (κ1) is 19.4. The molecular formula is C23H19NO6. The van der Waals surface area contributed by atoms with Crippen LogP contribution in [0.15, 0.2) is 56.3 Å². The van der Waals surface area contributed by atoms with Gasteiger partial charge in [0.15, 0.2) is 0 Å². The van der Waals surface area contributed by atoms with Crippen LogP contribution in [0.4, 0.5) is 5.69 Å². The van der Waals surface area contributed by atoms with Crippen LogP contribution >= 0.6 is 0 Å². The van der Waals surface area contributed by atoms with Crippen molar-refractivity contribution < 1.29 is 23.2 Å². The third-order valence-corrected chi connectivity index (χ3v) is 5.10. The number of amides is 1. The molecule has 2 aromatic carbocycles. The highest BCUT2D eigenvalue weighted by Crippen LogP contribution is 2.29. The van der Waals surface area contributed by atoms with Crippen molar-refractivity contribution >= 4 is 39.5 Å². The number of fused-ring (bicyclic) bond motifs is 2. The molecular weight excluding hydrogens is 386 g/mol. The Bertz CT molecular complexity index is 1340. The molecule has 0 spiro atoms. The summed E-state index contributed by atoms with van der Waals surface area (Å²) in [5.41, 5.74) is 3.36. The summed E-state index contributed by atoms with van der Waals surface area (Å²) in [5.74, 6) is -0.824. The van der Waals surface area contributed by atoms with Crippen molar-refractivity contribution in [3.63, 3.8) is 0 Å². The minimum absolute atomic E-state index is 0.134. The summed E-state index contributed by atoms with van der Waals surface area (Å²) < 4.78 is 15.6. The lowest BCUT2D eigenvalue weighted by Crippen LogP contribution is -2.20. The summed E-state index contributed by atoms with van der Waals surface area (Å²) in [5, 5.41) is 4.42. The second kappa shape index (κ2) is 7.51. The van der Waals surface area contributed by atoms with Gasteiger partial charge in [0.25, 0.3) is 0 Å². The maximum atomic E-state index is 12.5.